The summed E-state index contributed by atoms with van der Waals surface area (Å²) in [6.45, 7) is 0. The van der Waals surface area contributed by atoms with E-state index < -0.39 is 0 Å². The van der Waals surface area contributed by atoms with Crippen molar-refractivity contribution in [2.75, 3.05) is 14.2 Å². The fraction of sp³-hybridized carbons (Fsp3) is 0.333. The zero-order chi connectivity index (χ0) is 10.7. The quantitative estimate of drug-likeness (QED) is 0.725. The lowest BCUT2D eigenvalue weighted by Crippen LogP contribution is -1.94. The Labute approximate surface area is 108 Å². The number of benzene rings is 1. The molecule has 0 unspecified atom stereocenters. The highest BCUT2D eigenvalue weighted by Gasteiger charge is 2.15. The minimum absolute atomic E-state index is 0.698. The first-order chi connectivity index (χ1) is 6.65. The van der Waals surface area contributed by atoms with Gasteiger partial charge in [-0.15, -0.1) is 0 Å². The lowest BCUT2D eigenvalue weighted by Gasteiger charge is -2.13. The van der Waals surface area contributed by atoms with Crippen molar-refractivity contribution < 1.29 is 9.47 Å². The largest absolute Gasteiger partial charge is 0.493 e. The van der Waals surface area contributed by atoms with Crippen molar-refractivity contribution in [2.45, 2.75) is 5.33 Å². The Morgan fingerprint density at radius 3 is 2.21 bits per heavy atom. The molecule has 0 heterocycles. The van der Waals surface area contributed by atoms with E-state index in [1.807, 2.05) is 6.07 Å². The van der Waals surface area contributed by atoms with Gasteiger partial charge in [0.25, 0.3) is 0 Å². The molecular weight excluding hydrogens is 380 g/mol. The van der Waals surface area contributed by atoms with Gasteiger partial charge in [-0.1, -0.05) is 15.9 Å². The van der Waals surface area contributed by atoms with Crippen molar-refractivity contribution in [2.24, 2.45) is 0 Å². The molecular formula is C9H9Br3O2. The van der Waals surface area contributed by atoms with Crippen LogP contribution in [0.4, 0.5) is 0 Å². The molecule has 0 atom stereocenters. The molecule has 0 saturated carbocycles. The smallest absolute Gasteiger partial charge is 0.176 e. The number of rotatable bonds is 3. The van der Waals surface area contributed by atoms with Crippen LogP contribution in [0.3, 0.4) is 0 Å². The van der Waals surface area contributed by atoms with Gasteiger partial charge < -0.3 is 9.47 Å². The molecule has 5 heteroatoms. The van der Waals surface area contributed by atoms with Crippen LogP contribution in [0, 0.1) is 0 Å². The van der Waals surface area contributed by atoms with E-state index in [9.17, 15) is 0 Å². The first kappa shape index (κ1) is 12.3. The van der Waals surface area contributed by atoms with Gasteiger partial charge >= 0.3 is 0 Å². The number of hydrogen-bond donors (Lipinski definition) is 0. The Morgan fingerprint density at radius 1 is 1.14 bits per heavy atom. The summed E-state index contributed by atoms with van der Waals surface area (Å²) in [4.78, 5) is 0. The molecule has 0 saturated heterocycles. The van der Waals surface area contributed by atoms with E-state index in [1.165, 1.54) is 0 Å². The highest BCUT2D eigenvalue weighted by atomic mass is 79.9. The monoisotopic (exact) mass is 386 g/mol. The van der Waals surface area contributed by atoms with Crippen LogP contribution in [0.25, 0.3) is 0 Å². The number of methoxy groups -OCH3 is 2. The topological polar surface area (TPSA) is 18.5 Å². The first-order valence-corrected chi connectivity index (χ1v) is 6.51. The third kappa shape index (κ3) is 2.25. The van der Waals surface area contributed by atoms with Crippen LogP contribution < -0.4 is 9.47 Å². The number of ether oxygens (including phenoxy) is 2. The molecule has 0 aliphatic heterocycles. The zero-order valence-corrected chi connectivity index (χ0v) is 12.5. The predicted octanol–water partition coefficient (Wildman–Crippen LogP) is 4.12. The van der Waals surface area contributed by atoms with Gasteiger partial charge in [-0.05, 0) is 43.5 Å². The first-order valence-electron chi connectivity index (χ1n) is 3.80. The third-order valence-corrected chi connectivity index (χ3v) is 4.57. The van der Waals surface area contributed by atoms with Crippen LogP contribution in [0.1, 0.15) is 5.56 Å². The highest BCUT2D eigenvalue weighted by Crippen LogP contribution is 2.42. The molecule has 0 N–H and O–H groups in total. The van der Waals surface area contributed by atoms with Gasteiger partial charge in [0.2, 0.25) is 0 Å². The summed E-state index contributed by atoms with van der Waals surface area (Å²) in [7, 11) is 3.24. The van der Waals surface area contributed by atoms with Gasteiger partial charge in [0.15, 0.2) is 11.5 Å². The minimum atomic E-state index is 0.698. The second-order valence-corrected chi connectivity index (χ2v) is 4.68. The summed E-state index contributed by atoms with van der Waals surface area (Å²) >= 11 is 10.3. The molecule has 1 aromatic carbocycles. The molecule has 0 aliphatic rings. The van der Waals surface area contributed by atoms with Gasteiger partial charge in [0.1, 0.15) is 0 Å². The lowest BCUT2D eigenvalue weighted by molar-refractivity contribution is 0.352. The molecule has 1 rings (SSSR count). The van der Waals surface area contributed by atoms with Crippen LogP contribution >= 0.6 is 47.8 Å². The molecule has 1 aromatic rings. The summed E-state index contributed by atoms with van der Waals surface area (Å²) in [5, 5.41) is 0.756. The lowest BCUT2D eigenvalue weighted by atomic mass is 10.2. The van der Waals surface area contributed by atoms with Crippen molar-refractivity contribution in [3.05, 3.63) is 20.6 Å². The molecule has 0 fully saturated rings. The Morgan fingerprint density at radius 2 is 1.79 bits per heavy atom. The van der Waals surface area contributed by atoms with Crippen LogP contribution in [-0.4, -0.2) is 14.2 Å². The van der Waals surface area contributed by atoms with Crippen molar-refractivity contribution >= 4 is 47.8 Å². The molecule has 0 aromatic heterocycles. The Hall–Kier alpha value is 0.260. The number of halogens is 3. The zero-order valence-electron chi connectivity index (χ0n) is 7.73. The van der Waals surface area contributed by atoms with Crippen molar-refractivity contribution in [1.29, 1.82) is 0 Å². The molecule has 2 nitrogen and oxygen atoms in total. The maximum Gasteiger partial charge on any atom is 0.176 e. The summed E-state index contributed by atoms with van der Waals surface area (Å²) in [5.74, 6) is 1.42. The normalized spacial score (nSPS) is 10.1. The van der Waals surface area contributed by atoms with Gasteiger partial charge in [0.05, 0.1) is 18.7 Å². The van der Waals surface area contributed by atoms with E-state index in [2.05, 4.69) is 47.8 Å². The molecule has 0 radical (unpaired) electrons. The Bertz CT molecular complexity index is 339. The van der Waals surface area contributed by atoms with Crippen LogP contribution in [0.2, 0.25) is 0 Å². The van der Waals surface area contributed by atoms with Crippen molar-refractivity contribution in [1.82, 2.24) is 0 Å². The maximum atomic E-state index is 5.23. The van der Waals surface area contributed by atoms with Gasteiger partial charge in [-0.3, -0.25) is 0 Å². The SMILES string of the molecule is COc1cc(CBr)c(Br)c(Br)c1OC. The van der Waals surface area contributed by atoms with Crippen LogP contribution in [0.5, 0.6) is 11.5 Å². The Balaban J connectivity index is 3.38. The Kier molecular flexibility index (Phi) is 4.73. The van der Waals surface area contributed by atoms with E-state index in [0.29, 0.717) is 5.75 Å². The maximum absolute atomic E-state index is 5.23. The third-order valence-electron chi connectivity index (χ3n) is 1.77. The average molecular weight is 389 g/mol. The highest BCUT2D eigenvalue weighted by molar-refractivity contribution is 9.13. The molecule has 14 heavy (non-hydrogen) atoms. The summed E-state index contributed by atoms with van der Waals surface area (Å²) in [6, 6.07) is 1.93. The fourth-order valence-corrected chi connectivity index (χ4v) is 2.94. The molecule has 0 bridgehead atoms. The summed E-state index contributed by atoms with van der Waals surface area (Å²) in [6.07, 6.45) is 0. The predicted molar refractivity (Wildman–Crippen MR) is 67.6 cm³/mol. The van der Waals surface area contributed by atoms with E-state index in [4.69, 9.17) is 9.47 Å². The van der Waals surface area contributed by atoms with E-state index in [1.54, 1.807) is 14.2 Å². The molecule has 0 aliphatic carbocycles. The van der Waals surface area contributed by atoms with Gasteiger partial charge in [0, 0.05) is 9.80 Å². The second-order valence-electron chi connectivity index (χ2n) is 2.53. The van der Waals surface area contributed by atoms with Crippen LogP contribution in [0.15, 0.2) is 15.0 Å². The van der Waals surface area contributed by atoms with Crippen LogP contribution in [-0.2, 0) is 5.33 Å². The summed E-state index contributed by atoms with van der Waals surface area (Å²) in [5.41, 5.74) is 1.11. The van der Waals surface area contributed by atoms with Gasteiger partial charge in [-0.25, -0.2) is 0 Å². The standard InChI is InChI=1S/C9H9Br3O2/c1-13-6-3-5(4-10)7(11)8(12)9(6)14-2/h3H,4H2,1-2H3. The molecule has 0 amide bonds. The second kappa shape index (κ2) is 5.37. The fourth-order valence-electron chi connectivity index (χ4n) is 1.08. The van der Waals surface area contributed by atoms with Gasteiger partial charge in [-0.2, -0.15) is 0 Å². The van der Waals surface area contributed by atoms with E-state index in [-0.39, 0.29) is 0 Å². The van der Waals surface area contributed by atoms with Crippen molar-refractivity contribution in [3.63, 3.8) is 0 Å². The molecule has 0 spiro atoms. The van der Waals surface area contributed by atoms with Crippen molar-refractivity contribution in [3.8, 4) is 11.5 Å². The minimum Gasteiger partial charge on any atom is -0.493 e. The summed E-state index contributed by atoms with van der Waals surface area (Å²) < 4.78 is 12.3. The van der Waals surface area contributed by atoms with E-state index >= 15 is 0 Å². The number of hydrogen-bond acceptors (Lipinski definition) is 2. The molecule has 78 valence electrons. The van der Waals surface area contributed by atoms with E-state index in [0.717, 1.165) is 25.6 Å². The number of alkyl halides is 1. The average Bonchev–Trinajstić information content (AvgIpc) is 2.21.